The molecule has 0 heterocycles. The highest BCUT2D eigenvalue weighted by Gasteiger charge is 2.69. The minimum absolute atomic E-state index is 0.0665. The van der Waals surface area contributed by atoms with Crippen LogP contribution in [0.5, 0.6) is 0 Å². The molecule has 10 atom stereocenters. The van der Waals surface area contributed by atoms with E-state index in [1.165, 1.54) is 51.4 Å². The Labute approximate surface area is 192 Å². The van der Waals surface area contributed by atoms with Gasteiger partial charge in [0.15, 0.2) is 0 Å². The number of hydrogen-bond donors (Lipinski definition) is 1. The monoisotopic (exact) mass is 426 g/mol. The molecule has 4 saturated carbocycles. The molecule has 4 fully saturated rings. The van der Waals surface area contributed by atoms with Gasteiger partial charge in [-0.15, -0.1) is 0 Å². The van der Waals surface area contributed by atoms with Gasteiger partial charge in [0.05, 0.1) is 6.10 Å². The lowest BCUT2D eigenvalue weighted by atomic mass is 9.31. The summed E-state index contributed by atoms with van der Waals surface area (Å²) in [5, 5.41) is 10.9. The maximum atomic E-state index is 10.9. The molecule has 0 aromatic carbocycles. The normalized spacial score (nSPS) is 58.3. The molecule has 176 valence electrons. The van der Waals surface area contributed by atoms with Gasteiger partial charge in [0.25, 0.3) is 0 Å². The van der Waals surface area contributed by atoms with Gasteiger partial charge in [-0.25, -0.2) is 0 Å². The standard InChI is InChI=1S/C30H50O/c1-19-11-14-27(5)17-18-29(7)21(25(27)20(19)2)9-10-23-28(6)15-13-24(31)26(3,4)22(28)12-16-30(23,29)8/h11,20-25,31H,9-10,12-18H2,1-8H3/t20?,21-,22?,23?,24+,25?,27-,28+,29?,30-/m1/s1. The minimum atomic E-state index is -0.116. The average Bonchev–Trinajstić information content (AvgIpc) is 2.69. The van der Waals surface area contributed by atoms with Gasteiger partial charge >= 0.3 is 0 Å². The Morgan fingerprint density at radius 2 is 1.52 bits per heavy atom. The number of aliphatic hydroxyl groups excluding tert-OH is 1. The Morgan fingerprint density at radius 1 is 0.806 bits per heavy atom. The summed E-state index contributed by atoms with van der Waals surface area (Å²) >= 11 is 0. The Balaban J connectivity index is 1.55. The lowest BCUT2D eigenvalue weighted by Crippen LogP contribution is -2.67. The Hall–Kier alpha value is -0.300. The van der Waals surface area contributed by atoms with Crippen molar-refractivity contribution in [3.8, 4) is 0 Å². The van der Waals surface area contributed by atoms with Crippen LogP contribution in [0, 0.1) is 56.7 Å². The van der Waals surface area contributed by atoms with Crippen LogP contribution in [0.25, 0.3) is 0 Å². The van der Waals surface area contributed by atoms with Crippen molar-refractivity contribution in [1.29, 1.82) is 0 Å². The van der Waals surface area contributed by atoms with Crippen LogP contribution in [0.2, 0.25) is 0 Å². The summed E-state index contributed by atoms with van der Waals surface area (Å²) in [6.07, 6.45) is 14.5. The quantitative estimate of drug-likeness (QED) is 0.389. The summed E-state index contributed by atoms with van der Waals surface area (Å²) in [4.78, 5) is 0. The summed E-state index contributed by atoms with van der Waals surface area (Å²) in [6.45, 7) is 20.5. The molecule has 5 aliphatic carbocycles. The van der Waals surface area contributed by atoms with E-state index in [0.29, 0.717) is 27.6 Å². The molecule has 1 nitrogen and oxygen atoms in total. The van der Waals surface area contributed by atoms with E-state index in [1.54, 1.807) is 5.57 Å². The smallest absolute Gasteiger partial charge is 0.0594 e. The van der Waals surface area contributed by atoms with Gasteiger partial charge in [0.1, 0.15) is 0 Å². The number of hydrogen-bond acceptors (Lipinski definition) is 1. The van der Waals surface area contributed by atoms with E-state index in [1.807, 2.05) is 0 Å². The predicted octanol–water partition coefficient (Wildman–Crippen LogP) is 8.02. The van der Waals surface area contributed by atoms with Gasteiger partial charge in [-0.1, -0.05) is 60.1 Å². The van der Waals surface area contributed by atoms with Crippen LogP contribution in [0.15, 0.2) is 11.6 Å². The summed E-state index contributed by atoms with van der Waals surface area (Å²) in [7, 11) is 0. The van der Waals surface area contributed by atoms with Gasteiger partial charge in [0, 0.05) is 0 Å². The van der Waals surface area contributed by atoms with Crippen LogP contribution < -0.4 is 0 Å². The zero-order valence-electron chi connectivity index (χ0n) is 21.9. The van der Waals surface area contributed by atoms with Crippen molar-refractivity contribution in [3.63, 3.8) is 0 Å². The van der Waals surface area contributed by atoms with E-state index >= 15 is 0 Å². The molecular formula is C30H50O. The van der Waals surface area contributed by atoms with Crippen LogP contribution in [0.3, 0.4) is 0 Å². The topological polar surface area (TPSA) is 20.2 Å². The molecule has 5 rings (SSSR count). The molecule has 5 aliphatic rings. The Morgan fingerprint density at radius 3 is 2.23 bits per heavy atom. The maximum absolute atomic E-state index is 10.9. The van der Waals surface area contributed by atoms with Crippen molar-refractivity contribution in [2.24, 2.45) is 56.7 Å². The zero-order valence-corrected chi connectivity index (χ0v) is 21.9. The number of aliphatic hydroxyl groups is 1. The fourth-order valence-corrected chi connectivity index (χ4v) is 11.3. The lowest BCUT2D eigenvalue weighted by molar-refractivity contribution is -0.250. The Kier molecular flexibility index (Phi) is 4.82. The zero-order chi connectivity index (χ0) is 22.6. The first-order valence-electron chi connectivity index (χ1n) is 13.7. The highest BCUT2D eigenvalue weighted by Crippen LogP contribution is 2.76. The molecule has 0 aliphatic heterocycles. The fourth-order valence-electron chi connectivity index (χ4n) is 11.3. The third kappa shape index (κ3) is 2.65. The molecule has 31 heavy (non-hydrogen) atoms. The van der Waals surface area contributed by atoms with Gasteiger partial charge in [-0.2, -0.15) is 0 Å². The molecule has 1 N–H and O–H groups in total. The first-order chi connectivity index (χ1) is 14.3. The van der Waals surface area contributed by atoms with E-state index < -0.39 is 0 Å². The largest absolute Gasteiger partial charge is 0.393 e. The molecule has 0 radical (unpaired) electrons. The second-order valence-electron chi connectivity index (χ2n) is 14.7. The van der Waals surface area contributed by atoms with Crippen LogP contribution in [-0.2, 0) is 0 Å². The van der Waals surface area contributed by atoms with E-state index in [4.69, 9.17) is 0 Å². The molecule has 0 bridgehead atoms. The van der Waals surface area contributed by atoms with Crippen LogP contribution in [0.1, 0.15) is 113 Å². The molecule has 0 aromatic rings. The molecule has 5 unspecified atom stereocenters. The summed E-state index contributed by atoms with van der Waals surface area (Å²) in [6, 6.07) is 0. The average molecular weight is 427 g/mol. The first kappa shape index (κ1) is 22.5. The highest BCUT2D eigenvalue weighted by atomic mass is 16.3. The summed E-state index contributed by atoms with van der Waals surface area (Å²) < 4.78 is 0. The minimum Gasteiger partial charge on any atom is -0.393 e. The highest BCUT2D eigenvalue weighted by molar-refractivity contribution is 5.22. The number of rotatable bonds is 0. The first-order valence-corrected chi connectivity index (χ1v) is 13.7. The van der Waals surface area contributed by atoms with Crippen molar-refractivity contribution >= 4 is 0 Å². The van der Waals surface area contributed by atoms with Crippen LogP contribution >= 0.6 is 0 Å². The number of fused-ring (bicyclic) bond motifs is 7. The van der Waals surface area contributed by atoms with Gasteiger partial charge in [-0.3, -0.25) is 0 Å². The van der Waals surface area contributed by atoms with Gasteiger partial charge in [-0.05, 0) is 121 Å². The molecule has 1 heteroatoms. The van der Waals surface area contributed by atoms with E-state index in [0.717, 1.165) is 30.1 Å². The van der Waals surface area contributed by atoms with Crippen molar-refractivity contribution in [3.05, 3.63) is 11.6 Å². The molecular weight excluding hydrogens is 376 g/mol. The molecule has 0 amide bonds. The van der Waals surface area contributed by atoms with E-state index in [2.05, 4.69) is 61.5 Å². The second-order valence-corrected chi connectivity index (χ2v) is 14.7. The van der Waals surface area contributed by atoms with E-state index in [9.17, 15) is 5.11 Å². The van der Waals surface area contributed by atoms with Gasteiger partial charge < -0.3 is 5.11 Å². The molecule has 0 saturated heterocycles. The summed E-state index contributed by atoms with van der Waals surface area (Å²) in [5.74, 6) is 4.00. The fraction of sp³-hybridized carbons (Fsp3) is 0.933. The van der Waals surface area contributed by atoms with Crippen molar-refractivity contribution in [2.45, 2.75) is 119 Å². The maximum Gasteiger partial charge on any atom is 0.0594 e. The van der Waals surface area contributed by atoms with E-state index in [-0.39, 0.29) is 11.5 Å². The van der Waals surface area contributed by atoms with Gasteiger partial charge in [0.2, 0.25) is 0 Å². The summed E-state index contributed by atoms with van der Waals surface area (Å²) in [5.41, 5.74) is 3.58. The second kappa shape index (κ2) is 6.64. The predicted molar refractivity (Wildman–Crippen MR) is 131 cm³/mol. The number of allylic oxidation sites excluding steroid dienone is 2. The molecule has 0 aromatic heterocycles. The third-order valence-electron chi connectivity index (χ3n) is 13.5. The SMILES string of the molecule is CC1=CC[C@]2(C)CCC3(C)[C@H](CCC4[C@@]5(C)CC[C@H](O)C(C)(C)C5CC[C@]43C)C2C1C. The van der Waals surface area contributed by atoms with Crippen LogP contribution in [0.4, 0.5) is 0 Å². The molecule has 0 spiro atoms. The lowest BCUT2D eigenvalue weighted by Gasteiger charge is -2.73. The van der Waals surface area contributed by atoms with Crippen molar-refractivity contribution < 1.29 is 5.11 Å². The van der Waals surface area contributed by atoms with Crippen molar-refractivity contribution in [1.82, 2.24) is 0 Å². The Bertz CT molecular complexity index is 779. The third-order valence-corrected chi connectivity index (χ3v) is 13.5. The van der Waals surface area contributed by atoms with Crippen molar-refractivity contribution in [2.75, 3.05) is 0 Å². The van der Waals surface area contributed by atoms with Crippen LogP contribution in [-0.4, -0.2) is 11.2 Å².